The van der Waals surface area contributed by atoms with Crippen LogP contribution in [0.15, 0.2) is 54.6 Å². The predicted octanol–water partition coefficient (Wildman–Crippen LogP) is 4.18. The number of ether oxygens (including phenoxy) is 1. The second-order valence-electron chi connectivity index (χ2n) is 4.56. The first-order chi connectivity index (χ1) is 10.9. The van der Waals surface area contributed by atoms with Gasteiger partial charge in [0, 0.05) is 0 Å². The minimum atomic E-state index is -5.02. The lowest BCUT2D eigenvalue weighted by molar-refractivity contribution is -0.0884. The van der Waals surface area contributed by atoms with Crippen LogP contribution in [0.1, 0.15) is 15.9 Å². The van der Waals surface area contributed by atoms with Crippen molar-refractivity contribution in [2.45, 2.75) is 12.8 Å². The van der Waals surface area contributed by atoms with Crippen LogP contribution < -0.4 is 5.32 Å². The summed E-state index contributed by atoms with van der Waals surface area (Å²) in [6.07, 6.45) is -5.97. The summed E-state index contributed by atoms with van der Waals surface area (Å²) in [5, 5.41) is 2.15. The molecule has 0 unspecified atom stereocenters. The molecule has 0 atom stereocenters. The van der Waals surface area contributed by atoms with E-state index >= 15 is 0 Å². The van der Waals surface area contributed by atoms with Crippen molar-refractivity contribution in [1.29, 1.82) is 0 Å². The molecule has 2 rings (SSSR count). The van der Waals surface area contributed by atoms with Crippen molar-refractivity contribution in [1.82, 2.24) is 0 Å². The average molecular weight is 323 g/mol. The number of hydrogen-bond donors (Lipinski definition) is 1. The van der Waals surface area contributed by atoms with Crippen molar-refractivity contribution in [3.63, 3.8) is 0 Å². The summed E-state index contributed by atoms with van der Waals surface area (Å²) in [5.74, 6) is -2.03. The number of rotatable bonds is 4. The topological polar surface area (TPSA) is 55.4 Å². The zero-order valence-electron chi connectivity index (χ0n) is 11.8. The maximum Gasteiger partial charge on any atom is 0.454 e. The Balaban J connectivity index is 2.05. The van der Waals surface area contributed by atoms with Crippen LogP contribution in [-0.2, 0) is 11.3 Å². The molecule has 0 aliphatic rings. The average Bonchev–Trinajstić information content (AvgIpc) is 2.53. The highest BCUT2D eigenvalue weighted by Gasteiger charge is 2.40. The first-order valence-electron chi connectivity index (χ1n) is 6.56. The van der Waals surface area contributed by atoms with Crippen molar-refractivity contribution in [3.8, 4) is 0 Å². The lowest BCUT2D eigenvalue weighted by atomic mass is 10.1. The molecule has 0 aliphatic heterocycles. The van der Waals surface area contributed by atoms with E-state index < -0.39 is 23.6 Å². The van der Waals surface area contributed by atoms with Gasteiger partial charge in [-0.2, -0.15) is 13.2 Å². The molecule has 0 saturated carbocycles. The molecule has 0 radical (unpaired) electrons. The van der Waals surface area contributed by atoms with Gasteiger partial charge in [-0.1, -0.05) is 42.5 Å². The molecule has 1 N–H and O–H groups in total. The van der Waals surface area contributed by atoms with Crippen LogP contribution in [0.4, 0.5) is 23.7 Å². The van der Waals surface area contributed by atoms with Crippen LogP contribution in [0.3, 0.4) is 0 Å². The van der Waals surface area contributed by atoms with Gasteiger partial charge in [0.2, 0.25) is 0 Å². The summed E-state index contributed by atoms with van der Waals surface area (Å²) in [6.45, 7) is -0.0396. The van der Waals surface area contributed by atoms with E-state index in [2.05, 4.69) is 5.32 Å². The zero-order chi connectivity index (χ0) is 16.9. The third-order valence-electron chi connectivity index (χ3n) is 2.88. The van der Waals surface area contributed by atoms with E-state index in [9.17, 15) is 22.8 Å². The van der Waals surface area contributed by atoms with Crippen LogP contribution in [0, 0.1) is 0 Å². The Morgan fingerprint density at radius 1 is 0.957 bits per heavy atom. The maximum absolute atomic E-state index is 12.5. The van der Waals surface area contributed by atoms with Gasteiger partial charge >= 0.3 is 12.3 Å². The summed E-state index contributed by atoms with van der Waals surface area (Å²) in [5.41, 5.74) is -0.174. The Hall–Kier alpha value is -2.83. The molecule has 2 aromatic carbocycles. The Labute approximate surface area is 129 Å². The van der Waals surface area contributed by atoms with E-state index in [4.69, 9.17) is 4.74 Å². The molecule has 1 amide bonds. The second-order valence-corrected chi connectivity index (χ2v) is 4.56. The molecule has 0 fully saturated rings. The molecule has 120 valence electrons. The third-order valence-corrected chi connectivity index (χ3v) is 2.88. The molecular weight excluding hydrogens is 311 g/mol. The van der Waals surface area contributed by atoms with Gasteiger partial charge in [0.15, 0.2) is 0 Å². The van der Waals surface area contributed by atoms with Crippen LogP contribution in [0.2, 0.25) is 0 Å². The molecule has 0 aliphatic carbocycles. The minimum Gasteiger partial charge on any atom is -0.444 e. The van der Waals surface area contributed by atoms with Crippen LogP contribution >= 0.6 is 0 Å². The Bertz CT molecular complexity index is 699. The lowest BCUT2D eigenvalue weighted by Gasteiger charge is -2.12. The van der Waals surface area contributed by atoms with Crippen molar-refractivity contribution in [2.24, 2.45) is 0 Å². The highest BCUT2D eigenvalue weighted by atomic mass is 19.4. The fraction of sp³-hybridized carbons (Fsp3) is 0.125. The molecule has 23 heavy (non-hydrogen) atoms. The number of Topliss-reactive ketones (excluding diaryl/α,β-unsaturated/α-hetero) is 1. The summed E-state index contributed by atoms with van der Waals surface area (Å²) in [6, 6.07) is 13.6. The third kappa shape index (κ3) is 4.57. The van der Waals surface area contributed by atoms with Gasteiger partial charge in [0.05, 0.1) is 11.3 Å². The Morgan fingerprint density at radius 3 is 2.22 bits per heavy atom. The van der Waals surface area contributed by atoms with Gasteiger partial charge in [-0.05, 0) is 17.7 Å². The Kier molecular flexibility index (Phi) is 5.00. The van der Waals surface area contributed by atoms with Gasteiger partial charge in [-0.25, -0.2) is 4.79 Å². The first kappa shape index (κ1) is 16.5. The van der Waals surface area contributed by atoms with Crippen LogP contribution in [-0.4, -0.2) is 18.1 Å². The van der Waals surface area contributed by atoms with Crippen molar-refractivity contribution in [3.05, 3.63) is 65.7 Å². The molecule has 0 saturated heterocycles. The number of halogens is 3. The first-order valence-corrected chi connectivity index (χ1v) is 6.56. The summed E-state index contributed by atoms with van der Waals surface area (Å²) in [4.78, 5) is 23.0. The SMILES string of the molecule is O=C(Nc1ccccc1C(=O)C(F)(F)F)OCc1ccccc1. The van der Waals surface area contributed by atoms with Crippen molar-refractivity contribution in [2.75, 3.05) is 5.32 Å². The van der Waals surface area contributed by atoms with E-state index in [0.717, 1.165) is 11.6 Å². The molecule has 0 aromatic heterocycles. The standard InChI is InChI=1S/C16H12F3NO3/c17-16(18,19)14(21)12-8-4-5-9-13(12)20-15(22)23-10-11-6-2-1-3-7-11/h1-9H,10H2,(H,20,22). The maximum atomic E-state index is 12.5. The number of amides is 1. The normalized spacial score (nSPS) is 10.9. The van der Waals surface area contributed by atoms with Crippen LogP contribution in [0.25, 0.3) is 0 Å². The van der Waals surface area contributed by atoms with Gasteiger partial charge in [-0.3, -0.25) is 10.1 Å². The molecule has 0 spiro atoms. The van der Waals surface area contributed by atoms with Gasteiger partial charge < -0.3 is 4.74 Å². The fourth-order valence-electron chi connectivity index (χ4n) is 1.81. The van der Waals surface area contributed by atoms with Crippen molar-refractivity contribution < 1.29 is 27.5 Å². The fourth-order valence-corrected chi connectivity index (χ4v) is 1.81. The molecule has 2 aromatic rings. The van der Waals surface area contributed by atoms with E-state index in [0.29, 0.717) is 0 Å². The lowest BCUT2D eigenvalue weighted by Crippen LogP contribution is -2.25. The number of anilines is 1. The number of hydrogen-bond acceptors (Lipinski definition) is 3. The second kappa shape index (κ2) is 6.95. The van der Waals surface area contributed by atoms with E-state index in [1.54, 1.807) is 30.3 Å². The Morgan fingerprint density at radius 2 is 1.57 bits per heavy atom. The molecule has 4 nitrogen and oxygen atoms in total. The summed E-state index contributed by atoms with van der Waals surface area (Å²) in [7, 11) is 0. The molecule has 0 heterocycles. The van der Waals surface area contributed by atoms with E-state index in [-0.39, 0.29) is 12.3 Å². The smallest absolute Gasteiger partial charge is 0.444 e. The highest BCUT2D eigenvalue weighted by Crippen LogP contribution is 2.26. The van der Waals surface area contributed by atoms with Gasteiger partial charge in [-0.15, -0.1) is 0 Å². The summed E-state index contributed by atoms with van der Waals surface area (Å²) < 4.78 is 42.5. The number of benzene rings is 2. The van der Waals surface area contributed by atoms with E-state index in [1.165, 1.54) is 18.2 Å². The molecular formula is C16H12F3NO3. The summed E-state index contributed by atoms with van der Waals surface area (Å²) >= 11 is 0. The zero-order valence-corrected chi connectivity index (χ0v) is 11.8. The highest BCUT2D eigenvalue weighted by molar-refractivity contribution is 6.06. The quantitative estimate of drug-likeness (QED) is 0.859. The number of alkyl halides is 3. The van der Waals surface area contributed by atoms with Crippen LogP contribution in [0.5, 0.6) is 0 Å². The van der Waals surface area contributed by atoms with Gasteiger partial charge in [0.25, 0.3) is 5.78 Å². The van der Waals surface area contributed by atoms with Crippen molar-refractivity contribution >= 4 is 17.6 Å². The monoisotopic (exact) mass is 323 g/mol. The number of carbonyl (C=O) groups is 2. The van der Waals surface area contributed by atoms with Gasteiger partial charge in [0.1, 0.15) is 6.61 Å². The predicted molar refractivity (Wildman–Crippen MR) is 77.1 cm³/mol. The molecule has 7 heteroatoms. The number of ketones is 1. The number of para-hydroxylation sites is 1. The molecule has 0 bridgehead atoms. The number of carbonyl (C=O) groups excluding carboxylic acids is 2. The minimum absolute atomic E-state index is 0.0396. The number of nitrogens with one attached hydrogen (secondary N) is 1. The van der Waals surface area contributed by atoms with E-state index in [1.807, 2.05) is 0 Å². The largest absolute Gasteiger partial charge is 0.454 e.